The van der Waals surface area contributed by atoms with Crippen molar-refractivity contribution in [1.29, 1.82) is 0 Å². The normalized spacial score (nSPS) is 15.4. The second-order valence-electron chi connectivity index (χ2n) is 12.2. The maximum Gasteiger partial charge on any atom is 0.136 e. The van der Waals surface area contributed by atoms with E-state index in [1.807, 2.05) is 72.8 Å². The molecule has 0 N–H and O–H groups in total. The maximum absolute atomic E-state index is 9.48. The number of fused-ring (bicyclic) bond motifs is 5. The number of rotatable bonds is 5. The van der Waals surface area contributed by atoms with E-state index in [0.717, 1.165) is 32.7 Å². The minimum atomic E-state index is -0.503. The van der Waals surface area contributed by atoms with Gasteiger partial charge in [0.15, 0.2) is 0 Å². The van der Waals surface area contributed by atoms with Crippen LogP contribution in [-0.4, -0.2) is 0 Å². The van der Waals surface area contributed by atoms with Crippen LogP contribution in [0.2, 0.25) is 0 Å². The van der Waals surface area contributed by atoms with Gasteiger partial charge in [-0.3, -0.25) is 0 Å². The first-order valence-electron chi connectivity index (χ1n) is 23.4. The third-order valence-corrected chi connectivity index (χ3v) is 9.32. The molecular formula is C50H32O. The Balaban J connectivity index is 1.16. The minimum absolute atomic E-state index is 0.0121. The summed E-state index contributed by atoms with van der Waals surface area (Å²) in [5.74, 6) is 0. The molecule has 0 aliphatic heterocycles. The molecule has 0 bridgehead atoms. The zero-order chi connectivity index (χ0) is 45.9. The molecule has 0 aliphatic rings. The lowest BCUT2D eigenvalue weighted by molar-refractivity contribution is 0.669. The second-order valence-corrected chi connectivity index (χ2v) is 12.2. The molecule has 0 saturated carbocycles. The first-order chi connectivity index (χ1) is 31.1. The van der Waals surface area contributed by atoms with Crippen molar-refractivity contribution in [2.24, 2.45) is 0 Å². The number of furan rings is 1. The molecule has 1 aromatic heterocycles. The molecule has 10 rings (SSSR count). The monoisotopic (exact) mass is 662 g/mol. The van der Waals surface area contributed by atoms with E-state index in [-0.39, 0.29) is 70.6 Å². The van der Waals surface area contributed by atoms with Gasteiger partial charge in [-0.15, -0.1) is 0 Å². The lowest BCUT2D eigenvalue weighted by Crippen LogP contribution is -1.91. The van der Waals surface area contributed by atoms with Crippen molar-refractivity contribution < 1.29 is 23.6 Å². The zero-order valence-corrected chi connectivity index (χ0v) is 26.8. The Hall–Kier alpha value is -6.70. The predicted octanol–water partition coefficient (Wildman–Crippen LogP) is 14.2. The molecule has 0 saturated heterocycles. The topological polar surface area (TPSA) is 13.1 Å². The van der Waals surface area contributed by atoms with Gasteiger partial charge in [-0.2, -0.15) is 0 Å². The van der Waals surface area contributed by atoms with Gasteiger partial charge in [-0.05, 0) is 95.4 Å². The van der Waals surface area contributed by atoms with Crippen LogP contribution in [0.15, 0.2) is 198 Å². The van der Waals surface area contributed by atoms with Crippen molar-refractivity contribution in [3.8, 4) is 55.6 Å². The van der Waals surface area contributed by atoms with Crippen molar-refractivity contribution in [2.45, 2.75) is 0 Å². The highest BCUT2D eigenvalue weighted by atomic mass is 16.3. The van der Waals surface area contributed by atoms with Crippen LogP contribution in [0, 0.1) is 0 Å². The summed E-state index contributed by atoms with van der Waals surface area (Å²) in [6, 6.07) is 27.3. The molecule has 0 spiro atoms. The largest absolute Gasteiger partial charge is 0.456 e. The molecular weight excluding hydrogens is 617 g/mol. The van der Waals surface area contributed by atoms with Crippen LogP contribution in [0.25, 0.3) is 99.1 Å². The zero-order valence-electron chi connectivity index (χ0n) is 40.8. The fraction of sp³-hybridized carbons (Fsp3) is 0. The standard InChI is InChI=1S/C50H32O/c1-3-12-33(13-4-1)35-22-24-36(25-23-35)37-26-28-38(29-27-37)48-40-16-7-9-18-42(40)49(43-19-10-8-17-41(43)48)45-20-11-21-46-50(45)44-31-30-39(32-47(44)51-46)34-14-5-2-6-15-34/h1-32H/i1D,2D,3D,4D,5D,6D,12D,13D,14D,15D,26D,27D,28D,29D. The molecule has 9 aromatic carbocycles. The van der Waals surface area contributed by atoms with Crippen LogP contribution in [0.5, 0.6) is 0 Å². The van der Waals surface area contributed by atoms with Gasteiger partial charge in [0, 0.05) is 10.8 Å². The molecule has 0 atom stereocenters. The summed E-state index contributed by atoms with van der Waals surface area (Å²) in [4.78, 5) is 0. The van der Waals surface area contributed by atoms with Gasteiger partial charge in [0.2, 0.25) is 0 Å². The molecule has 10 aromatic rings. The molecule has 51 heavy (non-hydrogen) atoms. The summed E-state index contributed by atoms with van der Waals surface area (Å²) in [5.41, 5.74) is 4.55. The third-order valence-electron chi connectivity index (χ3n) is 9.32. The van der Waals surface area contributed by atoms with E-state index in [1.165, 1.54) is 0 Å². The Morgan fingerprint density at radius 3 is 1.41 bits per heavy atom. The smallest absolute Gasteiger partial charge is 0.136 e. The Labute approximate surface area is 316 Å². The van der Waals surface area contributed by atoms with Gasteiger partial charge in [0.25, 0.3) is 0 Å². The number of benzene rings is 9. The highest BCUT2D eigenvalue weighted by Crippen LogP contribution is 2.47. The minimum Gasteiger partial charge on any atom is -0.456 e. The Kier molecular flexibility index (Phi) is 4.32. The Bertz CT molecular complexity index is 3560. The quantitative estimate of drug-likeness (QED) is 0.167. The van der Waals surface area contributed by atoms with Crippen LogP contribution < -0.4 is 0 Å². The fourth-order valence-electron chi connectivity index (χ4n) is 7.05. The summed E-state index contributed by atoms with van der Waals surface area (Å²) < 4.78 is 127. The van der Waals surface area contributed by atoms with Crippen molar-refractivity contribution in [3.05, 3.63) is 194 Å². The third kappa shape index (κ3) is 4.94. The van der Waals surface area contributed by atoms with Crippen molar-refractivity contribution >= 4 is 43.5 Å². The molecule has 1 heterocycles. The molecule has 0 radical (unpaired) electrons. The molecule has 0 aliphatic carbocycles. The van der Waals surface area contributed by atoms with Crippen LogP contribution >= 0.6 is 0 Å². The van der Waals surface area contributed by atoms with Crippen LogP contribution in [0.3, 0.4) is 0 Å². The molecule has 1 nitrogen and oxygen atoms in total. The maximum atomic E-state index is 9.48. The van der Waals surface area contributed by atoms with Crippen molar-refractivity contribution in [1.82, 2.24) is 0 Å². The first kappa shape index (κ1) is 18.3. The van der Waals surface area contributed by atoms with Gasteiger partial charge in [-0.1, -0.05) is 176 Å². The molecule has 0 fully saturated rings. The summed E-state index contributed by atoms with van der Waals surface area (Å²) in [6.07, 6.45) is 0. The lowest BCUT2D eigenvalue weighted by atomic mass is 9.84. The number of hydrogen-bond acceptors (Lipinski definition) is 1. The highest BCUT2D eigenvalue weighted by molar-refractivity contribution is 6.25. The van der Waals surface area contributed by atoms with Crippen LogP contribution in [0.4, 0.5) is 0 Å². The van der Waals surface area contributed by atoms with Crippen molar-refractivity contribution in [2.75, 3.05) is 0 Å². The van der Waals surface area contributed by atoms with E-state index < -0.39 is 36.3 Å². The molecule has 238 valence electrons. The van der Waals surface area contributed by atoms with E-state index in [2.05, 4.69) is 0 Å². The van der Waals surface area contributed by atoms with E-state index in [1.54, 1.807) is 36.4 Å². The van der Waals surface area contributed by atoms with E-state index in [9.17, 15) is 5.48 Å². The number of hydrogen-bond donors (Lipinski definition) is 0. The summed E-state index contributed by atoms with van der Waals surface area (Å²) in [6.45, 7) is 0. The summed E-state index contributed by atoms with van der Waals surface area (Å²) in [5, 5.41) is 4.45. The van der Waals surface area contributed by atoms with Gasteiger partial charge in [-0.25, -0.2) is 0 Å². The van der Waals surface area contributed by atoms with E-state index >= 15 is 0 Å². The van der Waals surface area contributed by atoms with Gasteiger partial charge in [0.1, 0.15) is 11.2 Å². The average Bonchev–Trinajstić information content (AvgIpc) is 3.70. The van der Waals surface area contributed by atoms with Crippen LogP contribution in [-0.2, 0) is 0 Å². The lowest BCUT2D eigenvalue weighted by Gasteiger charge is -2.18. The van der Waals surface area contributed by atoms with Crippen LogP contribution in [0.1, 0.15) is 19.2 Å². The van der Waals surface area contributed by atoms with Gasteiger partial charge >= 0.3 is 0 Å². The van der Waals surface area contributed by atoms with Crippen molar-refractivity contribution in [3.63, 3.8) is 0 Å². The molecule has 1 heteroatoms. The van der Waals surface area contributed by atoms with E-state index in [0.29, 0.717) is 44.2 Å². The Morgan fingerprint density at radius 1 is 0.333 bits per heavy atom. The SMILES string of the molecule is [2H]c1c([2H])c([2H])c(-c2ccc(-c3c([2H])c([2H])c(-c4c5ccccc5c(-c5cccc6oc7cc(-c8c([2H])c([2H])c([2H])c([2H])c8[2H])ccc7c56)c5ccccc45)c([2H])c3[2H])cc2)c([2H])c1[2H]. The summed E-state index contributed by atoms with van der Waals surface area (Å²) in [7, 11) is 0. The Morgan fingerprint density at radius 2 is 0.824 bits per heavy atom. The summed E-state index contributed by atoms with van der Waals surface area (Å²) >= 11 is 0. The van der Waals surface area contributed by atoms with Gasteiger partial charge in [0.05, 0.1) is 19.2 Å². The fourth-order valence-corrected chi connectivity index (χ4v) is 7.05. The predicted molar refractivity (Wildman–Crippen MR) is 216 cm³/mol. The molecule has 0 unspecified atom stereocenters. The first-order valence-corrected chi connectivity index (χ1v) is 16.4. The highest BCUT2D eigenvalue weighted by Gasteiger charge is 2.20. The average molecular weight is 663 g/mol. The second kappa shape index (κ2) is 12.0. The van der Waals surface area contributed by atoms with Gasteiger partial charge < -0.3 is 4.42 Å². The molecule has 0 amide bonds. The van der Waals surface area contributed by atoms with E-state index in [4.69, 9.17) is 18.1 Å².